The van der Waals surface area contributed by atoms with E-state index in [1.54, 1.807) is 0 Å². The van der Waals surface area contributed by atoms with E-state index in [0.29, 0.717) is 0 Å². The maximum atomic E-state index is 4.90. The fraction of sp³-hybridized carbons (Fsp3) is 0.938. The molecule has 0 heterocycles. The summed E-state index contributed by atoms with van der Waals surface area (Å²) in [5, 5.41) is 0. The molecule has 0 rings (SSSR count). The SMILES string of the molecule is CCCCCCCCCCCC[S-].CCCCCCCCCCCC[S-].[CH2-]CCC.[CH2-]CCC.[Zn]. The Kier molecular flexibility index (Phi) is 73.6. The molecule has 0 N–H and O–H groups in total. The Labute approximate surface area is 250 Å². The molecule has 35 heavy (non-hydrogen) atoms. The molecule has 0 saturated heterocycles. The van der Waals surface area contributed by atoms with E-state index in [1.807, 2.05) is 0 Å². The van der Waals surface area contributed by atoms with Crippen LogP contribution in [0.25, 0.3) is 0 Å². The van der Waals surface area contributed by atoms with Crippen LogP contribution in [0.3, 0.4) is 0 Å². The monoisotopic (exact) mass is 580 g/mol. The second-order valence-electron chi connectivity index (χ2n) is 9.48. The fourth-order valence-electron chi connectivity index (χ4n) is 3.18. The largest absolute Gasteiger partial charge is 0.793 e. The number of hydrogen-bond donors (Lipinski definition) is 0. The van der Waals surface area contributed by atoms with Gasteiger partial charge in [0.05, 0.1) is 0 Å². The molecule has 0 fully saturated rings. The first kappa shape index (κ1) is 46.2. The van der Waals surface area contributed by atoms with Gasteiger partial charge >= 0.3 is 0 Å². The normalized spacial score (nSPS) is 9.60. The van der Waals surface area contributed by atoms with Crippen molar-refractivity contribution in [2.24, 2.45) is 0 Å². The summed E-state index contributed by atoms with van der Waals surface area (Å²) in [5.74, 6) is 1.91. The summed E-state index contributed by atoms with van der Waals surface area (Å²) in [7, 11) is 0. The van der Waals surface area contributed by atoms with Crippen LogP contribution in [0.5, 0.6) is 0 Å². The summed E-state index contributed by atoms with van der Waals surface area (Å²) in [5.41, 5.74) is 0. The molecule has 0 nitrogen and oxygen atoms in total. The first-order valence-electron chi connectivity index (χ1n) is 15.4. The number of rotatable bonds is 22. The van der Waals surface area contributed by atoms with Crippen molar-refractivity contribution in [2.45, 2.75) is 182 Å². The average molecular weight is 582 g/mol. The van der Waals surface area contributed by atoms with E-state index < -0.39 is 0 Å². The molecule has 0 aliphatic heterocycles. The van der Waals surface area contributed by atoms with Gasteiger partial charge in [0.15, 0.2) is 0 Å². The molecule has 0 atom stereocenters. The van der Waals surface area contributed by atoms with Crippen molar-refractivity contribution in [3.63, 3.8) is 0 Å². The molecular weight excluding hydrogens is 514 g/mol. The van der Waals surface area contributed by atoms with Gasteiger partial charge in [-0.1, -0.05) is 169 Å². The van der Waals surface area contributed by atoms with Gasteiger partial charge in [-0.25, -0.2) is 0 Å². The van der Waals surface area contributed by atoms with Gasteiger partial charge in [0.25, 0.3) is 0 Å². The van der Waals surface area contributed by atoms with Gasteiger partial charge < -0.3 is 39.1 Å². The molecule has 0 unspecified atom stereocenters. The maximum Gasteiger partial charge on any atom is 0 e. The topological polar surface area (TPSA) is 0 Å². The van der Waals surface area contributed by atoms with Gasteiger partial charge in [-0.3, -0.25) is 0 Å². The van der Waals surface area contributed by atoms with Crippen molar-refractivity contribution in [2.75, 3.05) is 11.5 Å². The predicted octanol–water partition coefficient (Wildman–Crippen LogP) is 12.1. The molecule has 0 saturated carbocycles. The van der Waals surface area contributed by atoms with E-state index in [2.05, 4.69) is 41.5 Å². The van der Waals surface area contributed by atoms with E-state index in [1.165, 1.54) is 141 Å². The van der Waals surface area contributed by atoms with Crippen LogP contribution in [0, 0.1) is 13.8 Å². The molecule has 0 aromatic carbocycles. The van der Waals surface area contributed by atoms with Crippen molar-refractivity contribution < 1.29 is 19.5 Å². The van der Waals surface area contributed by atoms with Crippen LogP contribution < -0.4 is 0 Å². The second kappa shape index (κ2) is 55.7. The molecule has 0 aliphatic rings. The molecule has 0 aromatic rings. The van der Waals surface area contributed by atoms with Gasteiger partial charge in [0.1, 0.15) is 0 Å². The van der Waals surface area contributed by atoms with Crippen LogP contribution in [0.1, 0.15) is 182 Å². The maximum absolute atomic E-state index is 4.90. The predicted molar refractivity (Wildman–Crippen MR) is 169 cm³/mol. The summed E-state index contributed by atoms with van der Waals surface area (Å²) in [4.78, 5) is 0. The molecule has 0 spiro atoms. The quantitative estimate of drug-likeness (QED) is 0.0539. The Bertz CT molecular complexity index is 212. The molecule has 0 bridgehead atoms. The number of unbranched alkanes of at least 4 members (excludes halogenated alkanes) is 20. The van der Waals surface area contributed by atoms with Crippen LogP contribution in [0.15, 0.2) is 0 Å². The van der Waals surface area contributed by atoms with Crippen LogP contribution in [-0.2, 0) is 44.7 Å². The van der Waals surface area contributed by atoms with Crippen LogP contribution in [0.4, 0.5) is 0 Å². The van der Waals surface area contributed by atoms with E-state index in [-0.39, 0.29) is 19.5 Å². The van der Waals surface area contributed by atoms with Crippen LogP contribution >= 0.6 is 0 Å². The zero-order chi connectivity index (χ0) is 26.4. The minimum absolute atomic E-state index is 0. The van der Waals surface area contributed by atoms with E-state index in [9.17, 15) is 0 Å². The van der Waals surface area contributed by atoms with Gasteiger partial charge in [-0.15, -0.1) is 0 Å². The van der Waals surface area contributed by atoms with Crippen LogP contribution in [-0.4, -0.2) is 11.5 Å². The third-order valence-electron chi connectivity index (χ3n) is 5.70. The van der Waals surface area contributed by atoms with Crippen LogP contribution in [0.2, 0.25) is 0 Å². The summed E-state index contributed by atoms with van der Waals surface area (Å²) in [6.45, 7) is 16.0. The number of hydrogen-bond acceptors (Lipinski definition) is 2. The second-order valence-corrected chi connectivity index (χ2v) is 10.3. The minimum atomic E-state index is 0. The van der Waals surface area contributed by atoms with Gasteiger partial charge in [0, 0.05) is 19.5 Å². The smallest absolute Gasteiger partial charge is 0 e. The van der Waals surface area contributed by atoms with Crippen molar-refractivity contribution in [3.05, 3.63) is 13.8 Å². The Morgan fingerprint density at radius 3 is 0.657 bits per heavy atom. The zero-order valence-corrected chi connectivity index (χ0v) is 29.9. The summed E-state index contributed by atoms with van der Waals surface area (Å²) in [6.07, 6.45) is 32.6. The molecule has 0 aromatic heterocycles. The van der Waals surface area contributed by atoms with Crippen molar-refractivity contribution in [3.8, 4) is 0 Å². The Hall–Kier alpha value is 1.32. The first-order valence-corrected chi connectivity index (χ1v) is 16.6. The average Bonchev–Trinajstić information content (AvgIpc) is 2.87. The molecule has 214 valence electrons. The zero-order valence-electron chi connectivity index (χ0n) is 25.3. The molecule has 0 aliphatic carbocycles. The van der Waals surface area contributed by atoms with Crippen molar-refractivity contribution in [1.29, 1.82) is 0 Å². The van der Waals surface area contributed by atoms with E-state index in [0.717, 1.165) is 24.3 Å². The third-order valence-corrected chi connectivity index (χ3v) is 6.28. The van der Waals surface area contributed by atoms with E-state index in [4.69, 9.17) is 25.3 Å². The Morgan fingerprint density at radius 2 is 0.514 bits per heavy atom. The Morgan fingerprint density at radius 1 is 0.343 bits per heavy atom. The van der Waals surface area contributed by atoms with E-state index >= 15 is 0 Å². The standard InChI is InChI=1S/2C12H26S.2C4H9.Zn/c2*1-2-3-4-5-6-7-8-9-10-11-12-13;2*1-3-4-2;/h2*13H,2-12H2,1H3;2*1,3-4H2,2H3;/q;;2*-1;/p-2. The fourth-order valence-corrected chi connectivity index (χ4v) is 3.59. The summed E-state index contributed by atoms with van der Waals surface area (Å²) < 4.78 is 0. The minimum Gasteiger partial charge on any atom is -0.793 e. The summed E-state index contributed by atoms with van der Waals surface area (Å²) >= 11 is 9.80. The summed E-state index contributed by atoms with van der Waals surface area (Å²) in [6, 6.07) is 0. The molecule has 0 radical (unpaired) electrons. The molecule has 0 amide bonds. The van der Waals surface area contributed by atoms with Crippen molar-refractivity contribution >= 4 is 25.3 Å². The third kappa shape index (κ3) is 72.1. The van der Waals surface area contributed by atoms with Crippen molar-refractivity contribution in [1.82, 2.24) is 0 Å². The van der Waals surface area contributed by atoms with Gasteiger partial charge in [0.2, 0.25) is 0 Å². The Balaban J connectivity index is -0.000000128. The van der Waals surface area contributed by atoms with Gasteiger partial charge in [-0.05, 0) is 0 Å². The van der Waals surface area contributed by atoms with Gasteiger partial charge in [-0.2, -0.15) is 24.3 Å². The molecular formula is C32H68S2Zn-4. The first-order chi connectivity index (χ1) is 16.7. The molecule has 3 heteroatoms.